The Morgan fingerprint density at radius 3 is 2.35 bits per heavy atom. The number of nitrogens with one attached hydrogen (secondary N) is 1. The van der Waals surface area contributed by atoms with E-state index in [-0.39, 0.29) is 6.03 Å². The third-order valence-electron chi connectivity index (χ3n) is 3.87. The molecule has 2 amide bonds. The summed E-state index contributed by atoms with van der Waals surface area (Å²) >= 11 is 1.67. The molecule has 1 aromatic carbocycles. The van der Waals surface area contributed by atoms with Crippen LogP contribution in [0.3, 0.4) is 0 Å². The zero-order valence-corrected chi connectivity index (χ0v) is 15.2. The number of nitrogens with zero attached hydrogens (tertiary/aromatic N) is 2. The van der Waals surface area contributed by atoms with E-state index in [4.69, 9.17) is 0 Å². The van der Waals surface area contributed by atoms with Crippen LogP contribution in [0.4, 0.5) is 10.5 Å². The largest absolute Gasteiger partial charge is 0.322 e. The van der Waals surface area contributed by atoms with Crippen LogP contribution in [0, 0.1) is 0 Å². The molecule has 0 spiro atoms. The number of hydrogen-bond donors (Lipinski definition) is 1. The molecule has 0 bridgehead atoms. The average molecular weight is 331 g/mol. The molecule has 2 rings (SSSR count). The maximum Gasteiger partial charge on any atom is 0.321 e. The van der Waals surface area contributed by atoms with Crippen molar-refractivity contribution < 1.29 is 4.79 Å². The number of anilines is 1. The predicted octanol–water partition coefficient (Wildman–Crippen LogP) is 4.49. The van der Waals surface area contributed by atoms with E-state index in [2.05, 4.69) is 49.3 Å². The summed E-state index contributed by atoms with van der Waals surface area (Å²) in [5.41, 5.74) is 3.32. The lowest BCUT2D eigenvalue weighted by atomic mass is 10.0. The Balaban J connectivity index is 2.09. The van der Waals surface area contributed by atoms with Gasteiger partial charge in [-0.2, -0.15) is 0 Å². The van der Waals surface area contributed by atoms with Crippen molar-refractivity contribution in [2.45, 2.75) is 46.6 Å². The van der Waals surface area contributed by atoms with E-state index < -0.39 is 0 Å². The summed E-state index contributed by atoms with van der Waals surface area (Å²) in [6.07, 6.45) is 4.61. The molecule has 0 atom stereocenters. The van der Waals surface area contributed by atoms with Gasteiger partial charge in [-0.25, -0.2) is 9.78 Å². The second kappa shape index (κ2) is 8.11. The van der Waals surface area contributed by atoms with E-state index in [0.717, 1.165) is 34.8 Å². The second-order valence-corrected chi connectivity index (χ2v) is 6.72. The van der Waals surface area contributed by atoms with Gasteiger partial charge in [0.05, 0.1) is 11.6 Å². The fraction of sp³-hybridized carbons (Fsp3) is 0.444. The number of aryl methyl sites for hydroxylation is 3. The van der Waals surface area contributed by atoms with Gasteiger partial charge in [-0.15, -0.1) is 11.3 Å². The molecular weight excluding hydrogens is 306 g/mol. The fourth-order valence-corrected chi connectivity index (χ4v) is 3.41. The molecule has 0 saturated heterocycles. The summed E-state index contributed by atoms with van der Waals surface area (Å²) in [5, 5.41) is 4.20. The normalized spacial score (nSPS) is 10.6. The fourth-order valence-electron chi connectivity index (χ4n) is 2.50. The minimum Gasteiger partial charge on any atom is -0.322 e. The van der Waals surface area contributed by atoms with Gasteiger partial charge in [0.15, 0.2) is 0 Å². The number of aromatic nitrogens is 1. The second-order valence-electron chi connectivity index (χ2n) is 5.52. The summed E-state index contributed by atoms with van der Waals surface area (Å²) in [4.78, 5) is 19.7. The van der Waals surface area contributed by atoms with Crippen molar-refractivity contribution in [1.29, 1.82) is 0 Å². The predicted molar refractivity (Wildman–Crippen MR) is 97.2 cm³/mol. The highest BCUT2D eigenvalue weighted by molar-refractivity contribution is 7.11. The van der Waals surface area contributed by atoms with Crippen LogP contribution in [-0.4, -0.2) is 23.0 Å². The molecule has 124 valence electrons. The van der Waals surface area contributed by atoms with E-state index >= 15 is 0 Å². The van der Waals surface area contributed by atoms with Crippen molar-refractivity contribution >= 4 is 23.1 Å². The van der Waals surface area contributed by atoms with Crippen LogP contribution in [0.25, 0.3) is 0 Å². The van der Waals surface area contributed by atoms with Crippen LogP contribution in [0.2, 0.25) is 0 Å². The van der Waals surface area contributed by atoms with Gasteiger partial charge in [0.1, 0.15) is 0 Å². The first kappa shape index (κ1) is 17.5. The topological polar surface area (TPSA) is 45.2 Å². The van der Waals surface area contributed by atoms with Crippen LogP contribution < -0.4 is 5.32 Å². The van der Waals surface area contributed by atoms with Crippen molar-refractivity contribution in [3.63, 3.8) is 0 Å². The van der Waals surface area contributed by atoms with Crippen LogP contribution in [0.15, 0.2) is 24.4 Å². The van der Waals surface area contributed by atoms with Crippen molar-refractivity contribution in [3.8, 4) is 0 Å². The van der Waals surface area contributed by atoms with Crippen molar-refractivity contribution in [1.82, 2.24) is 9.88 Å². The standard InChI is InChI=1S/C18H25N3OS/c1-5-13-9-8-10-14(6-2)17(13)20-18(22)21(4)12-15-11-19-16(7-3)23-15/h8-11H,5-7,12H2,1-4H3,(H,20,22). The molecule has 0 aliphatic carbocycles. The Morgan fingerprint density at radius 1 is 1.17 bits per heavy atom. The number of carbonyl (C=O) groups excluding carboxylic acids is 1. The summed E-state index contributed by atoms with van der Waals surface area (Å²) in [5.74, 6) is 0. The molecule has 0 radical (unpaired) electrons. The zero-order chi connectivity index (χ0) is 16.8. The minimum atomic E-state index is -0.0768. The molecule has 1 heterocycles. The summed E-state index contributed by atoms with van der Waals surface area (Å²) in [6, 6.07) is 6.13. The first-order chi connectivity index (χ1) is 11.1. The Hall–Kier alpha value is -1.88. The molecule has 0 aliphatic rings. The van der Waals surface area contributed by atoms with E-state index in [1.165, 1.54) is 11.1 Å². The van der Waals surface area contributed by atoms with Gasteiger partial charge in [-0.1, -0.05) is 39.0 Å². The van der Waals surface area contributed by atoms with Gasteiger partial charge in [0.2, 0.25) is 0 Å². The van der Waals surface area contributed by atoms with E-state index in [9.17, 15) is 4.79 Å². The highest BCUT2D eigenvalue weighted by Gasteiger charge is 2.14. The lowest BCUT2D eigenvalue weighted by Crippen LogP contribution is -2.31. The number of thiazole rings is 1. The third-order valence-corrected chi connectivity index (χ3v) is 5.00. The van der Waals surface area contributed by atoms with Gasteiger partial charge in [0, 0.05) is 23.8 Å². The molecule has 0 aliphatic heterocycles. The molecule has 2 aromatic rings. The number of urea groups is 1. The quantitative estimate of drug-likeness (QED) is 0.847. The lowest BCUT2D eigenvalue weighted by Gasteiger charge is -2.20. The molecule has 23 heavy (non-hydrogen) atoms. The number of para-hydroxylation sites is 1. The minimum absolute atomic E-state index is 0.0768. The number of amides is 2. The zero-order valence-electron chi connectivity index (χ0n) is 14.3. The SMILES string of the molecule is CCc1ncc(CN(C)C(=O)Nc2c(CC)cccc2CC)s1. The first-order valence-electron chi connectivity index (χ1n) is 8.15. The molecule has 5 heteroatoms. The van der Waals surface area contributed by atoms with Crippen molar-refractivity contribution in [3.05, 3.63) is 45.4 Å². The molecule has 0 fully saturated rings. The van der Waals surface area contributed by atoms with Crippen LogP contribution >= 0.6 is 11.3 Å². The molecular formula is C18H25N3OS. The maximum atomic E-state index is 12.5. The van der Waals surface area contributed by atoms with Crippen molar-refractivity contribution in [2.75, 3.05) is 12.4 Å². The van der Waals surface area contributed by atoms with Gasteiger partial charge in [-0.05, 0) is 30.4 Å². The average Bonchev–Trinajstić information content (AvgIpc) is 3.02. The molecule has 4 nitrogen and oxygen atoms in total. The van der Waals surface area contributed by atoms with Crippen LogP contribution in [-0.2, 0) is 25.8 Å². The lowest BCUT2D eigenvalue weighted by molar-refractivity contribution is 0.221. The van der Waals surface area contributed by atoms with E-state index in [1.54, 1.807) is 16.2 Å². The monoisotopic (exact) mass is 331 g/mol. The highest BCUT2D eigenvalue weighted by Crippen LogP contribution is 2.23. The van der Waals surface area contributed by atoms with E-state index in [0.29, 0.717) is 6.54 Å². The molecule has 0 saturated carbocycles. The maximum absolute atomic E-state index is 12.5. The Bertz CT molecular complexity index is 644. The number of hydrogen-bond acceptors (Lipinski definition) is 3. The summed E-state index contributed by atoms with van der Waals surface area (Å²) in [6.45, 7) is 6.89. The molecule has 1 N–H and O–H groups in total. The van der Waals surface area contributed by atoms with Gasteiger partial charge in [0.25, 0.3) is 0 Å². The van der Waals surface area contributed by atoms with E-state index in [1.807, 2.05) is 13.2 Å². The Kier molecular flexibility index (Phi) is 6.16. The smallest absolute Gasteiger partial charge is 0.321 e. The van der Waals surface area contributed by atoms with Crippen LogP contribution in [0.5, 0.6) is 0 Å². The van der Waals surface area contributed by atoms with Crippen LogP contribution in [0.1, 0.15) is 41.8 Å². The number of carbonyl (C=O) groups is 1. The molecule has 1 aromatic heterocycles. The molecule has 0 unspecified atom stereocenters. The number of rotatable bonds is 6. The van der Waals surface area contributed by atoms with Crippen molar-refractivity contribution in [2.24, 2.45) is 0 Å². The third kappa shape index (κ3) is 4.32. The first-order valence-corrected chi connectivity index (χ1v) is 8.97. The van der Waals surface area contributed by atoms with Gasteiger partial charge < -0.3 is 10.2 Å². The Morgan fingerprint density at radius 2 is 1.83 bits per heavy atom. The number of benzene rings is 1. The van der Waals surface area contributed by atoms with Gasteiger partial charge in [-0.3, -0.25) is 0 Å². The highest BCUT2D eigenvalue weighted by atomic mass is 32.1. The van der Waals surface area contributed by atoms with Gasteiger partial charge >= 0.3 is 6.03 Å². The summed E-state index contributed by atoms with van der Waals surface area (Å²) in [7, 11) is 1.82. The Labute approximate surface area is 142 Å². The summed E-state index contributed by atoms with van der Waals surface area (Å²) < 4.78 is 0.